The smallest absolute Gasteiger partial charge is 0.143 e. The molecule has 1 aromatic heterocycles. The summed E-state index contributed by atoms with van der Waals surface area (Å²) < 4.78 is 5.54. The minimum absolute atomic E-state index is 0.124. The zero-order valence-electron chi connectivity index (χ0n) is 11.6. The van der Waals surface area contributed by atoms with Gasteiger partial charge in [0.25, 0.3) is 0 Å². The fourth-order valence-electron chi connectivity index (χ4n) is 2.35. The molecule has 0 bridgehead atoms. The Hall–Kier alpha value is -0.830. The molecule has 0 saturated heterocycles. The first kappa shape index (κ1) is 12.6. The maximum absolute atomic E-state index is 5.54. The van der Waals surface area contributed by atoms with Crippen LogP contribution in [0.4, 0.5) is 0 Å². The van der Waals surface area contributed by atoms with Crippen LogP contribution in [0.15, 0.2) is 4.52 Å². The van der Waals surface area contributed by atoms with Crippen molar-refractivity contribution in [3.05, 3.63) is 17.0 Å². The summed E-state index contributed by atoms with van der Waals surface area (Å²) in [6, 6.07) is 0. The Labute approximate surface area is 104 Å². The highest BCUT2D eigenvalue weighted by molar-refractivity contribution is 5.28. The van der Waals surface area contributed by atoms with Crippen molar-refractivity contribution in [1.29, 1.82) is 0 Å². The van der Waals surface area contributed by atoms with Crippen LogP contribution in [0.5, 0.6) is 0 Å². The van der Waals surface area contributed by atoms with E-state index < -0.39 is 0 Å². The van der Waals surface area contributed by atoms with Crippen LogP contribution in [-0.2, 0) is 13.0 Å². The normalized spacial score (nSPS) is 24.8. The van der Waals surface area contributed by atoms with Gasteiger partial charge in [-0.25, -0.2) is 0 Å². The Morgan fingerprint density at radius 3 is 2.71 bits per heavy atom. The van der Waals surface area contributed by atoms with E-state index in [1.54, 1.807) is 0 Å². The summed E-state index contributed by atoms with van der Waals surface area (Å²) in [5.74, 6) is 2.34. The molecule has 1 heterocycles. The zero-order chi connectivity index (χ0) is 12.6. The topological polar surface area (TPSA) is 38.1 Å². The van der Waals surface area contributed by atoms with E-state index in [0.717, 1.165) is 24.4 Å². The molecule has 0 fully saturated rings. The molecular formula is C14H24N2O. The molecule has 0 aromatic carbocycles. The van der Waals surface area contributed by atoms with Crippen LogP contribution in [0.3, 0.4) is 0 Å². The van der Waals surface area contributed by atoms with Crippen molar-refractivity contribution in [2.75, 3.05) is 0 Å². The molecular weight excluding hydrogens is 212 g/mol. The SMILES string of the molecule is CC1CCc2c(CNC(C)(C)C)noc2C1C. The summed E-state index contributed by atoms with van der Waals surface area (Å²) in [5.41, 5.74) is 2.58. The molecule has 0 radical (unpaired) electrons. The lowest BCUT2D eigenvalue weighted by Crippen LogP contribution is -2.35. The molecule has 0 spiro atoms. The van der Waals surface area contributed by atoms with Crippen LogP contribution in [0.25, 0.3) is 0 Å². The van der Waals surface area contributed by atoms with E-state index in [9.17, 15) is 0 Å². The molecule has 2 unspecified atom stereocenters. The monoisotopic (exact) mass is 236 g/mol. The average molecular weight is 236 g/mol. The summed E-state index contributed by atoms with van der Waals surface area (Å²) in [5, 5.41) is 7.73. The largest absolute Gasteiger partial charge is 0.361 e. The molecule has 3 heteroatoms. The van der Waals surface area contributed by atoms with Gasteiger partial charge in [0.1, 0.15) is 11.5 Å². The molecule has 17 heavy (non-hydrogen) atoms. The number of aromatic nitrogens is 1. The predicted molar refractivity (Wildman–Crippen MR) is 69.0 cm³/mol. The third kappa shape index (κ3) is 2.71. The lowest BCUT2D eigenvalue weighted by molar-refractivity contribution is 0.305. The Bertz CT molecular complexity index is 389. The summed E-state index contributed by atoms with van der Waals surface area (Å²) in [6.45, 7) is 11.9. The van der Waals surface area contributed by atoms with Gasteiger partial charge in [-0.3, -0.25) is 0 Å². The van der Waals surface area contributed by atoms with Crippen LogP contribution < -0.4 is 5.32 Å². The zero-order valence-corrected chi connectivity index (χ0v) is 11.6. The van der Waals surface area contributed by atoms with Gasteiger partial charge in [0.15, 0.2) is 0 Å². The van der Waals surface area contributed by atoms with Crippen LogP contribution >= 0.6 is 0 Å². The number of rotatable bonds is 2. The second-order valence-electron chi connectivity index (χ2n) is 6.38. The Kier molecular flexibility index (Phi) is 3.30. The van der Waals surface area contributed by atoms with Crippen molar-refractivity contribution in [3.63, 3.8) is 0 Å². The molecule has 3 nitrogen and oxygen atoms in total. The maximum Gasteiger partial charge on any atom is 0.143 e. The second-order valence-corrected chi connectivity index (χ2v) is 6.38. The Morgan fingerprint density at radius 2 is 2.06 bits per heavy atom. The average Bonchev–Trinajstić information content (AvgIpc) is 2.63. The van der Waals surface area contributed by atoms with E-state index >= 15 is 0 Å². The summed E-state index contributed by atoms with van der Waals surface area (Å²) in [4.78, 5) is 0. The van der Waals surface area contributed by atoms with Gasteiger partial charge >= 0.3 is 0 Å². The van der Waals surface area contributed by atoms with Crippen molar-refractivity contribution < 1.29 is 4.52 Å². The minimum Gasteiger partial charge on any atom is -0.361 e. The number of nitrogens with one attached hydrogen (secondary N) is 1. The summed E-state index contributed by atoms with van der Waals surface area (Å²) in [7, 11) is 0. The van der Waals surface area contributed by atoms with E-state index in [0.29, 0.717) is 11.8 Å². The van der Waals surface area contributed by atoms with E-state index in [-0.39, 0.29) is 5.54 Å². The van der Waals surface area contributed by atoms with Gasteiger partial charge in [-0.15, -0.1) is 0 Å². The quantitative estimate of drug-likeness (QED) is 0.856. The molecule has 1 N–H and O–H groups in total. The van der Waals surface area contributed by atoms with Gasteiger partial charge in [0, 0.05) is 23.6 Å². The standard InChI is InChI=1S/C14H24N2O/c1-9-6-7-11-12(8-15-14(3,4)5)16-17-13(11)10(9)2/h9-10,15H,6-8H2,1-5H3. The highest BCUT2D eigenvalue weighted by atomic mass is 16.5. The van der Waals surface area contributed by atoms with Crippen molar-refractivity contribution in [2.45, 2.75) is 65.5 Å². The second kappa shape index (κ2) is 4.45. The van der Waals surface area contributed by atoms with E-state index in [1.807, 2.05) is 0 Å². The fourth-order valence-corrected chi connectivity index (χ4v) is 2.35. The lowest BCUT2D eigenvalue weighted by atomic mass is 9.80. The first-order valence-corrected chi connectivity index (χ1v) is 6.61. The molecule has 0 aliphatic heterocycles. The number of nitrogens with zero attached hydrogens (tertiary/aromatic N) is 1. The molecule has 0 amide bonds. The minimum atomic E-state index is 0.124. The van der Waals surface area contributed by atoms with Crippen molar-refractivity contribution in [3.8, 4) is 0 Å². The van der Waals surface area contributed by atoms with Crippen molar-refractivity contribution in [2.24, 2.45) is 5.92 Å². The Balaban J connectivity index is 2.14. The van der Waals surface area contributed by atoms with E-state index in [1.165, 1.54) is 12.0 Å². The Morgan fingerprint density at radius 1 is 1.35 bits per heavy atom. The first-order valence-electron chi connectivity index (χ1n) is 6.61. The van der Waals surface area contributed by atoms with Gasteiger partial charge in [-0.05, 0) is 39.5 Å². The van der Waals surface area contributed by atoms with Gasteiger partial charge in [0.05, 0.1) is 0 Å². The molecule has 1 aliphatic carbocycles. The predicted octanol–water partition coefficient (Wildman–Crippen LogP) is 3.25. The highest BCUT2D eigenvalue weighted by Gasteiger charge is 2.29. The van der Waals surface area contributed by atoms with Crippen molar-refractivity contribution in [1.82, 2.24) is 10.5 Å². The third-order valence-corrected chi connectivity index (χ3v) is 3.80. The van der Waals surface area contributed by atoms with Crippen LogP contribution in [0.1, 0.15) is 64.0 Å². The molecule has 96 valence electrons. The van der Waals surface area contributed by atoms with Gasteiger partial charge in [-0.1, -0.05) is 19.0 Å². The van der Waals surface area contributed by atoms with E-state index in [4.69, 9.17) is 4.52 Å². The maximum atomic E-state index is 5.54. The third-order valence-electron chi connectivity index (χ3n) is 3.80. The van der Waals surface area contributed by atoms with Crippen LogP contribution in [-0.4, -0.2) is 10.7 Å². The lowest BCUT2D eigenvalue weighted by Gasteiger charge is -2.24. The number of hydrogen-bond acceptors (Lipinski definition) is 3. The van der Waals surface area contributed by atoms with Crippen molar-refractivity contribution >= 4 is 0 Å². The molecule has 1 aromatic rings. The molecule has 2 rings (SSSR count). The first-order chi connectivity index (χ1) is 7.88. The van der Waals surface area contributed by atoms with Crippen LogP contribution in [0, 0.1) is 5.92 Å². The molecule has 0 saturated carbocycles. The van der Waals surface area contributed by atoms with Crippen LogP contribution in [0.2, 0.25) is 0 Å². The number of hydrogen-bond donors (Lipinski definition) is 1. The summed E-state index contributed by atoms with van der Waals surface area (Å²) >= 11 is 0. The highest BCUT2D eigenvalue weighted by Crippen LogP contribution is 2.37. The summed E-state index contributed by atoms with van der Waals surface area (Å²) in [6.07, 6.45) is 2.36. The van der Waals surface area contributed by atoms with Gasteiger partial charge in [0.2, 0.25) is 0 Å². The van der Waals surface area contributed by atoms with Gasteiger partial charge < -0.3 is 9.84 Å². The molecule has 1 aliphatic rings. The fraction of sp³-hybridized carbons (Fsp3) is 0.786. The van der Waals surface area contributed by atoms with E-state index in [2.05, 4.69) is 45.1 Å². The number of fused-ring (bicyclic) bond motifs is 1. The molecule has 2 atom stereocenters. The van der Waals surface area contributed by atoms with Gasteiger partial charge in [-0.2, -0.15) is 0 Å².